The van der Waals surface area contributed by atoms with E-state index in [4.69, 9.17) is 9.47 Å². The number of esters is 1. The Morgan fingerprint density at radius 2 is 1.93 bits per heavy atom. The summed E-state index contributed by atoms with van der Waals surface area (Å²) < 4.78 is 11.4. The normalized spacial score (nSPS) is 57.3. The third-order valence-electron chi connectivity index (χ3n) is 8.55. The van der Waals surface area contributed by atoms with Gasteiger partial charge in [0.05, 0.1) is 16.5 Å². The number of fused-ring (bicyclic) bond motifs is 2. The Kier molecular flexibility index (Phi) is 3.75. The monoisotopic (exact) mass is 458 g/mol. The fourth-order valence-electron chi connectivity index (χ4n) is 7.04. The number of carbonyl (C=O) groups excluding carboxylic acids is 1. The molecule has 1 spiro atoms. The molecule has 9 atom stereocenters. The van der Waals surface area contributed by atoms with E-state index in [1.165, 1.54) is 0 Å². The Morgan fingerprint density at radius 1 is 1.25 bits per heavy atom. The molecule has 0 amide bonds. The van der Waals surface area contributed by atoms with Crippen LogP contribution in [0, 0.1) is 17.3 Å². The number of rotatable bonds is 1. The van der Waals surface area contributed by atoms with Crippen LogP contribution in [0.15, 0.2) is 11.1 Å². The fourth-order valence-corrected chi connectivity index (χ4v) is 8.30. The van der Waals surface area contributed by atoms with Crippen molar-refractivity contribution in [2.75, 3.05) is 6.61 Å². The van der Waals surface area contributed by atoms with Crippen LogP contribution in [0.1, 0.15) is 40.0 Å². The minimum atomic E-state index is -1.65. The first-order chi connectivity index (χ1) is 13.0. The average molecular weight is 459 g/mol. The number of cyclic esters (lactones) is 1. The van der Waals surface area contributed by atoms with Crippen LogP contribution in [0.4, 0.5) is 0 Å². The maximum Gasteiger partial charge on any atom is 0.337 e. The molecule has 5 aliphatic rings. The molecule has 8 heteroatoms. The molecule has 28 heavy (non-hydrogen) atoms. The van der Waals surface area contributed by atoms with Gasteiger partial charge in [-0.15, -0.1) is 0 Å². The van der Waals surface area contributed by atoms with Crippen molar-refractivity contribution in [2.24, 2.45) is 17.3 Å². The van der Waals surface area contributed by atoms with E-state index in [1.807, 2.05) is 20.8 Å². The standard InChI is InChI=1S/C20H27BrO7/c1-8(2)19(26)13(21)14-20(28-14)17(3)6-11(22)12-9(7-27-15(12)23)10(17)4-5-18(20,25)16(19)24/h8,10-11,13-14,16,22,24-26H,4-7H2,1-3H3/t10-,11-,13+,14-,16-,17-,18+,19-,20+/m0/s1. The number of aliphatic hydroxyl groups is 4. The van der Waals surface area contributed by atoms with Crippen molar-refractivity contribution >= 4 is 21.9 Å². The number of hydrogen-bond donors (Lipinski definition) is 4. The van der Waals surface area contributed by atoms with Gasteiger partial charge in [0.15, 0.2) is 0 Å². The van der Waals surface area contributed by atoms with E-state index in [9.17, 15) is 25.2 Å². The minimum Gasteiger partial charge on any atom is -0.458 e. The first-order valence-electron chi connectivity index (χ1n) is 9.99. The van der Waals surface area contributed by atoms with E-state index in [1.54, 1.807) is 0 Å². The Hall–Kier alpha value is -0.510. The highest BCUT2D eigenvalue weighted by molar-refractivity contribution is 9.09. The Morgan fingerprint density at radius 3 is 2.57 bits per heavy atom. The summed E-state index contributed by atoms with van der Waals surface area (Å²) in [6, 6.07) is 0. The van der Waals surface area contributed by atoms with E-state index in [0.29, 0.717) is 12.0 Å². The molecule has 2 saturated carbocycles. The quantitative estimate of drug-likeness (QED) is 0.255. The molecule has 2 heterocycles. The van der Waals surface area contributed by atoms with Crippen molar-refractivity contribution < 1.29 is 34.7 Å². The Bertz CT molecular complexity index is 797. The van der Waals surface area contributed by atoms with E-state index < -0.39 is 51.3 Å². The SMILES string of the molecule is CC(C)[C@]1(O)[C@H](Br)[C@@H]2O[C@@]23[C@@]2(C)C[C@H](O)C4=C(COC4=O)[C@@H]2CC[C@@]3(O)[C@@H]1O. The van der Waals surface area contributed by atoms with Gasteiger partial charge in [-0.1, -0.05) is 36.7 Å². The van der Waals surface area contributed by atoms with E-state index >= 15 is 0 Å². The number of ether oxygens (including phenoxy) is 2. The molecule has 7 nitrogen and oxygen atoms in total. The number of alkyl halides is 1. The highest BCUT2D eigenvalue weighted by Gasteiger charge is 2.88. The first kappa shape index (κ1) is 19.5. The lowest BCUT2D eigenvalue weighted by atomic mass is 9.44. The van der Waals surface area contributed by atoms with Gasteiger partial charge in [0.1, 0.15) is 35.6 Å². The van der Waals surface area contributed by atoms with Crippen molar-refractivity contribution in [1.29, 1.82) is 0 Å². The smallest absolute Gasteiger partial charge is 0.337 e. The Labute approximate surface area is 171 Å². The van der Waals surface area contributed by atoms with Crippen LogP contribution < -0.4 is 0 Å². The summed E-state index contributed by atoms with van der Waals surface area (Å²) in [6.45, 7) is 5.74. The summed E-state index contributed by atoms with van der Waals surface area (Å²) in [6.07, 6.45) is -1.92. The largest absolute Gasteiger partial charge is 0.458 e. The molecule has 0 radical (unpaired) electrons. The molecule has 2 aliphatic heterocycles. The van der Waals surface area contributed by atoms with Crippen LogP contribution in [0.5, 0.6) is 0 Å². The molecular formula is C20H27BrO7. The maximum atomic E-state index is 12.1. The van der Waals surface area contributed by atoms with Crippen LogP contribution >= 0.6 is 15.9 Å². The molecule has 3 aliphatic carbocycles. The van der Waals surface area contributed by atoms with Crippen LogP contribution in [0.3, 0.4) is 0 Å². The lowest BCUT2D eigenvalue weighted by Crippen LogP contribution is -2.78. The van der Waals surface area contributed by atoms with Gasteiger partial charge >= 0.3 is 5.97 Å². The van der Waals surface area contributed by atoms with Crippen molar-refractivity contribution in [1.82, 2.24) is 0 Å². The molecule has 4 N–H and O–H groups in total. The second-order valence-electron chi connectivity index (χ2n) is 9.79. The number of epoxide rings is 1. The second-order valence-corrected chi connectivity index (χ2v) is 10.8. The van der Waals surface area contributed by atoms with Crippen LogP contribution in [0.2, 0.25) is 0 Å². The van der Waals surface area contributed by atoms with Gasteiger partial charge in [0, 0.05) is 5.41 Å². The molecule has 0 aromatic rings. The van der Waals surface area contributed by atoms with Crippen molar-refractivity contribution in [3.63, 3.8) is 0 Å². The number of aliphatic hydroxyl groups excluding tert-OH is 2. The highest BCUT2D eigenvalue weighted by atomic mass is 79.9. The summed E-state index contributed by atoms with van der Waals surface area (Å²) >= 11 is 3.56. The third-order valence-corrected chi connectivity index (χ3v) is 9.76. The van der Waals surface area contributed by atoms with E-state index in [0.717, 1.165) is 5.57 Å². The van der Waals surface area contributed by atoms with E-state index in [-0.39, 0.29) is 31.3 Å². The lowest BCUT2D eigenvalue weighted by Gasteiger charge is -2.62. The number of halogens is 1. The summed E-state index contributed by atoms with van der Waals surface area (Å²) in [5, 5.41) is 45.2. The van der Waals surface area contributed by atoms with Gasteiger partial charge in [-0.3, -0.25) is 0 Å². The molecule has 1 saturated heterocycles. The number of carbonyl (C=O) groups is 1. The van der Waals surface area contributed by atoms with Gasteiger partial charge in [-0.2, -0.15) is 0 Å². The van der Waals surface area contributed by atoms with Crippen molar-refractivity contribution in [3.8, 4) is 0 Å². The molecular weight excluding hydrogens is 432 g/mol. The summed E-state index contributed by atoms with van der Waals surface area (Å²) in [5.74, 6) is -0.872. The predicted octanol–water partition coefficient (Wildman–Crippen LogP) is 0.414. The van der Waals surface area contributed by atoms with Crippen molar-refractivity contribution in [2.45, 2.75) is 80.0 Å². The number of hydrogen-bond acceptors (Lipinski definition) is 7. The third kappa shape index (κ3) is 1.79. The first-order valence-corrected chi connectivity index (χ1v) is 10.9. The summed E-state index contributed by atoms with van der Waals surface area (Å²) in [5.41, 5.74) is -3.86. The molecule has 5 rings (SSSR count). The summed E-state index contributed by atoms with van der Waals surface area (Å²) in [4.78, 5) is 11.5. The van der Waals surface area contributed by atoms with Gasteiger partial charge in [0.25, 0.3) is 0 Å². The fraction of sp³-hybridized carbons (Fsp3) is 0.850. The molecule has 156 valence electrons. The van der Waals surface area contributed by atoms with Crippen molar-refractivity contribution in [3.05, 3.63) is 11.1 Å². The zero-order valence-corrected chi connectivity index (χ0v) is 17.8. The minimum absolute atomic E-state index is 0.0974. The zero-order chi connectivity index (χ0) is 20.4. The summed E-state index contributed by atoms with van der Waals surface area (Å²) in [7, 11) is 0. The molecule has 0 unspecified atom stereocenters. The van der Waals surface area contributed by atoms with Gasteiger partial charge < -0.3 is 29.9 Å². The second kappa shape index (κ2) is 5.39. The molecule has 3 fully saturated rings. The van der Waals surface area contributed by atoms with Crippen LogP contribution in [-0.2, 0) is 14.3 Å². The van der Waals surface area contributed by atoms with Gasteiger partial charge in [-0.05, 0) is 36.7 Å². The Balaban J connectivity index is 1.65. The van der Waals surface area contributed by atoms with E-state index in [2.05, 4.69) is 15.9 Å². The predicted molar refractivity (Wildman–Crippen MR) is 101 cm³/mol. The highest BCUT2D eigenvalue weighted by Crippen LogP contribution is 2.74. The zero-order valence-electron chi connectivity index (χ0n) is 16.2. The topological polar surface area (TPSA) is 120 Å². The van der Waals surface area contributed by atoms with Gasteiger partial charge in [0.2, 0.25) is 0 Å². The lowest BCUT2D eigenvalue weighted by molar-refractivity contribution is -0.260. The average Bonchev–Trinajstić information content (AvgIpc) is 3.29. The maximum absolute atomic E-state index is 12.1. The van der Waals surface area contributed by atoms with Gasteiger partial charge in [-0.25, -0.2) is 4.79 Å². The van der Waals surface area contributed by atoms with Crippen LogP contribution in [0.25, 0.3) is 0 Å². The molecule has 0 bridgehead atoms. The molecule has 0 aromatic carbocycles. The molecule has 0 aromatic heterocycles. The van der Waals surface area contributed by atoms with Crippen LogP contribution in [-0.4, -0.2) is 72.9 Å².